The Morgan fingerprint density at radius 3 is 1.94 bits per heavy atom. The molecule has 0 radical (unpaired) electrons. The van der Waals surface area contributed by atoms with Crippen LogP contribution in [0.25, 0.3) is 0 Å². The van der Waals surface area contributed by atoms with Gasteiger partial charge in [0.2, 0.25) is 0 Å². The smallest absolute Gasteiger partial charge is 0.154 e. The molecular weight excluding hydrogens is 238 g/mol. The zero-order chi connectivity index (χ0) is 12.4. The van der Waals surface area contributed by atoms with Crippen LogP contribution in [-0.2, 0) is 9.84 Å². The number of sulfone groups is 1. The first-order chi connectivity index (χ1) is 7.38. The van der Waals surface area contributed by atoms with Crippen LogP contribution in [0.1, 0.15) is 0 Å². The molecule has 16 heavy (non-hydrogen) atoms. The summed E-state index contributed by atoms with van der Waals surface area (Å²) in [6, 6.07) is -0.781. The molecule has 0 aliphatic carbocycles. The van der Waals surface area contributed by atoms with Crippen molar-refractivity contribution in [1.29, 1.82) is 0 Å². The molecule has 2 atom stereocenters. The molecule has 7 nitrogen and oxygen atoms in total. The number of aliphatic hydroxyl groups is 4. The van der Waals surface area contributed by atoms with Crippen LogP contribution in [0, 0.1) is 0 Å². The third-order valence-electron chi connectivity index (χ3n) is 2.72. The average Bonchev–Trinajstić information content (AvgIpc) is 2.48. The number of rotatable bonds is 5. The van der Waals surface area contributed by atoms with Crippen LogP contribution in [-0.4, -0.2) is 77.9 Å². The molecule has 0 aromatic carbocycles. The van der Waals surface area contributed by atoms with Crippen molar-refractivity contribution < 1.29 is 28.8 Å². The van der Waals surface area contributed by atoms with Gasteiger partial charge in [-0.2, -0.15) is 0 Å². The number of nitrogens with one attached hydrogen (secondary N) is 1. The summed E-state index contributed by atoms with van der Waals surface area (Å²) in [7, 11) is -3.30. The van der Waals surface area contributed by atoms with Crippen LogP contribution in [0.3, 0.4) is 0 Å². The van der Waals surface area contributed by atoms with Gasteiger partial charge in [0.25, 0.3) is 0 Å². The molecule has 0 bridgehead atoms. The van der Waals surface area contributed by atoms with E-state index in [9.17, 15) is 13.5 Å². The van der Waals surface area contributed by atoms with E-state index < -0.39 is 47.3 Å². The molecule has 0 saturated carbocycles. The summed E-state index contributed by atoms with van der Waals surface area (Å²) in [5, 5.41) is 39.2. The summed E-state index contributed by atoms with van der Waals surface area (Å²) in [6.45, 7) is -1.66. The topological polar surface area (TPSA) is 127 Å². The van der Waals surface area contributed by atoms with Crippen molar-refractivity contribution in [2.24, 2.45) is 0 Å². The maximum absolute atomic E-state index is 11.2. The number of aliphatic hydroxyl groups excluding tert-OH is 4. The molecule has 1 rings (SSSR count). The molecule has 2 unspecified atom stereocenters. The number of hydrogen-bond donors (Lipinski definition) is 5. The van der Waals surface area contributed by atoms with Crippen molar-refractivity contribution in [3.8, 4) is 0 Å². The van der Waals surface area contributed by atoms with E-state index in [1.165, 1.54) is 0 Å². The lowest BCUT2D eigenvalue weighted by Gasteiger charge is -2.32. The molecule has 0 spiro atoms. The zero-order valence-electron chi connectivity index (χ0n) is 8.70. The highest BCUT2D eigenvalue weighted by atomic mass is 32.2. The molecule has 1 aliphatic heterocycles. The normalized spacial score (nSPS) is 29.5. The quantitative estimate of drug-likeness (QED) is 0.344. The van der Waals surface area contributed by atoms with Crippen molar-refractivity contribution >= 4 is 9.84 Å². The zero-order valence-corrected chi connectivity index (χ0v) is 9.52. The fraction of sp³-hybridized carbons (Fsp3) is 1.00. The third-order valence-corrected chi connectivity index (χ3v) is 4.44. The Morgan fingerprint density at radius 2 is 1.62 bits per heavy atom. The minimum Gasteiger partial charge on any atom is -0.394 e. The van der Waals surface area contributed by atoms with Gasteiger partial charge in [-0.15, -0.1) is 0 Å². The van der Waals surface area contributed by atoms with Crippen LogP contribution in [0.15, 0.2) is 0 Å². The molecule has 1 heterocycles. The van der Waals surface area contributed by atoms with Crippen LogP contribution in [0.2, 0.25) is 0 Å². The fourth-order valence-corrected chi connectivity index (χ4v) is 3.39. The van der Waals surface area contributed by atoms with Crippen LogP contribution < -0.4 is 5.32 Å². The van der Waals surface area contributed by atoms with Gasteiger partial charge in [-0.1, -0.05) is 0 Å². The summed E-state index contributed by atoms with van der Waals surface area (Å²) in [4.78, 5) is 0. The Labute approximate surface area is 93.6 Å². The Balaban J connectivity index is 2.73. The summed E-state index contributed by atoms with van der Waals surface area (Å²) < 4.78 is 22.4. The van der Waals surface area contributed by atoms with Crippen molar-refractivity contribution in [3.63, 3.8) is 0 Å². The molecule has 0 amide bonds. The Morgan fingerprint density at radius 1 is 1.12 bits per heavy atom. The van der Waals surface area contributed by atoms with Gasteiger partial charge in [0.1, 0.15) is 0 Å². The van der Waals surface area contributed by atoms with Crippen molar-refractivity contribution in [2.45, 2.75) is 17.7 Å². The van der Waals surface area contributed by atoms with Crippen molar-refractivity contribution in [1.82, 2.24) is 5.32 Å². The lowest BCUT2D eigenvalue weighted by atomic mass is 10.0. The minimum atomic E-state index is -3.30. The maximum atomic E-state index is 11.2. The second-order valence-electron chi connectivity index (χ2n) is 4.15. The van der Waals surface area contributed by atoms with E-state index in [-0.39, 0.29) is 11.5 Å². The van der Waals surface area contributed by atoms with Gasteiger partial charge < -0.3 is 20.4 Å². The highest BCUT2D eigenvalue weighted by molar-refractivity contribution is 7.91. The van der Waals surface area contributed by atoms with Crippen LogP contribution >= 0.6 is 0 Å². The molecule has 5 N–H and O–H groups in total. The predicted octanol–water partition coefficient (Wildman–Crippen LogP) is -3.55. The Kier molecular flexibility index (Phi) is 4.27. The van der Waals surface area contributed by atoms with E-state index in [1.807, 2.05) is 0 Å². The lowest BCUT2D eigenvalue weighted by molar-refractivity contribution is 0.0229. The Hall–Kier alpha value is -0.250. The van der Waals surface area contributed by atoms with Gasteiger partial charge in [0.15, 0.2) is 9.84 Å². The monoisotopic (exact) mass is 255 g/mol. The van der Waals surface area contributed by atoms with E-state index in [0.717, 1.165) is 0 Å². The SMILES string of the molecule is O=S1(=O)CC(O)C(NC(CO)(CO)CO)C1. The maximum Gasteiger partial charge on any atom is 0.154 e. The summed E-state index contributed by atoms with van der Waals surface area (Å²) in [5.74, 6) is -0.612. The lowest BCUT2D eigenvalue weighted by Crippen LogP contribution is -2.60. The van der Waals surface area contributed by atoms with Gasteiger partial charge in [-0.25, -0.2) is 8.42 Å². The van der Waals surface area contributed by atoms with Crippen molar-refractivity contribution in [3.05, 3.63) is 0 Å². The standard InChI is InChI=1S/C8H17NO6S/c10-3-8(4-11,5-12)9-6-1-16(14,15)2-7(6)13/h6-7,9-13H,1-5H2. The van der Waals surface area contributed by atoms with Gasteiger partial charge in [-0.3, -0.25) is 5.32 Å². The Bertz CT molecular complexity index is 317. The molecule has 0 aromatic rings. The van der Waals surface area contributed by atoms with Crippen LogP contribution in [0.4, 0.5) is 0 Å². The molecule has 0 aromatic heterocycles. The molecular formula is C8H17NO6S. The molecule has 1 aliphatic rings. The van der Waals surface area contributed by atoms with Gasteiger partial charge in [-0.05, 0) is 0 Å². The first-order valence-electron chi connectivity index (χ1n) is 4.87. The minimum absolute atomic E-state index is 0.268. The van der Waals surface area contributed by atoms with E-state index in [0.29, 0.717) is 0 Å². The summed E-state index contributed by atoms with van der Waals surface area (Å²) >= 11 is 0. The van der Waals surface area contributed by atoms with Crippen molar-refractivity contribution in [2.75, 3.05) is 31.3 Å². The third kappa shape index (κ3) is 2.90. The first kappa shape index (κ1) is 13.8. The molecule has 96 valence electrons. The molecule has 1 fully saturated rings. The second kappa shape index (κ2) is 4.94. The number of hydrogen-bond acceptors (Lipinski definition) is 7. The highest BCUT2D eigenvalue weighted by Crippen LogP contribution is 2.15. The highest BCUT2D eigenvalue weighted by Gasteiger charge is 2.41. The van der Waals surface area contributed by atoms with E-state index in [1.54, 1.807) is 0 Å². The van der Waals surface area contributed by atoms with E-state index in [2.05, 4.69) is 5.32 Å². The van der Waals surface area contributed by atoms with Gasteiger partial charge >= 0.3 is 0 Å². The largest absolute Gasteiger partial charge is 0.394 e. The molecule has 1 saturated heterocycles. The van der Waals surface area contributed by atoms with Gasteiger partial charge in [0, 0.05) is 6.04 Å². The van der Waals surface area contributed by atoms with Crippen LogP contribution in [0.5, 0.6) is 0 Å². The fourth-order valence-electron chi connectivity index (χ4n) is 1.65. The average molecular weight is 255 g/mol. The van der Waals surface area contributed by atoms with E-state index >= 15 is 0 Å². The predicted molar refractivity (Wildman–Crippen MR) is 55.6 cm³/mol. The first-order valence-corrected chi connectivity index (χ1v) is 6.69. The van der Waals surface area contributed by atoms with Gasteiger partial charge in [0.05, 0.1) is 43.0 Å². The second-order valence-corrected chi connectivity index (χ2v) is 6.30. The molecule has 8 heteroatoms. The van der Waals surface area contributed by atoms with E-state index in [4.69, 9.17) is 15.3 Å². The summed E-state index contributed by atoms with van der Waals surface area (Å²) in [5.41, 5.74) is -1.37. The summed E-state index contributed by atoms with van der Waals surface area (Å²) in [6.07, 6.45) is -1.09.